The minimum absolute atomic E-state index is 0.0760. The number of anilines is 1. The van der Waals surface area contributed by atoms with Gasteiger partial charge in [0.25, 0.3) is 5.56 Å². The average molecular weight is 382 g/mol. The van der Waals surface area contributed by atoms with Crippen molar-refractivity contribution < 1.29 is 4.79 Å². The lowest BCUT2D eigenvalue weighted by Gasteiger charge is -2.29. The van der Waals surface area contributed by atoms with E-state index in [-0.39, 0.29) is 11.3 Å². The molecular formula is C16H23N5O2S2. The molecule has 1 aliphatic rings. The molecular weight excluding hydrogens is 358 g/mol. The summed E-state index contributed by atoms with van der Waals surface area (Å²) in [6, 6.07) is 0. The zero-order valence-electron chi connectivity index (χ0n) is 14.5. The van der Waals surface area contributed by atoms with Gasteiger partial charge in [-0.2, -0.15) is 4.98 Å². The van der Waals surface area contributed by atoms with Crippen LogP contribution in [0.25, 0.3) is 10.3 Å². The van der Waals surface area contributed by atoms with Gasteiger partial charge in [-0.05, 0) is 25.2 Å². The summed E-state index contributed by atoms with van der Waals surface area (Å²) in [4.78, 5) is 35.4. The second kappa shape index (κ2) is 7.74. The molecule has 0 spiro atoms. The first-order valence-electron chi connectivity index (χ1n) is 8.57. The van der Waals surface area contributed by atoms with Crippen LogP contribution in [0.2, 0.25) is 0 Å². The molecule has 0 unspecified atom stereocenters. The zero-order chi connectivity index (χ0) is 18.0. The number of hydrogen-bond donors (Lipinski definition) is 1. The van der Waals surface area contributed by atoms with Gasteiger partial charge in [0.15, 0.2) is 15.9 Å². The zero-order valence-corrected chi connectivity index (χ0v) is 16.2. The Hall–Kier alpha value is -1.61. The predicted octanol–water partition coefficient (Wildman–Crippen LogP) is 2.08. The van der Waals surface area contributed by atoms with Gasteiger partial charge in [-0.3, -0.25) is 14.2 Å². The standard InChI is InChI=1S/C16H23N5O2S2/c1-3-6-21-14(23)12-13(19-16(21)24-9-11(17)22)18-15(25-12)20-7-4-10(2)5-8-20/h10H,3-9H2,1-2H3,(H2,17,22). The van der Waals surface area contributed by atoms with Crippen molar-refractivity contribution in [2.24, 2.45) is 11.7 Å². The Morgan fingerprint density at radius 2 is 2.08 bits per heavy atom. The van der Waals surface area contributed by atoms with Crippen LogP contribution < -0.4 is 16.2 Å². The molecule has 136 valence electrons. The van der Waals surface area contributed by atoms with E-state index in [1.54, 1.807) is 4.57 Å². The van der Waals surface area contributed by atoms with E-state index < -0.39 is 5.91 Å². The minimum atomic E-state index is -0.427. The summed E-state index contributed by atoms with van der Waals surface area (Å²) in [5.41, 5.74) is 5.63. The predicted molar refractivity (Wildman–Crippen MR) is 102 cm³/mol. The molecule has 1 fully saturated rings. The van der Waals surface area contributed by atoms with Crippen molar-refractivity contribution in [1.29, 1.82) is 0 Å². The van der Waals surface area contributed by atoms with Gasteiger partial charge in [0.2, 0.25) is 5.91 Å². The molecule has 0 saturated carbocycles. The Balaban J connectivity index is 1.98. The van der Waals surface area contributed by atoms with Crippen LogP contribution in [0.4, 0.5) is 5.13 Å². The number of fused-ring (bicyclic) bond motifs is 1. The lowest BCUT2D eigenvalue weighted by molar-refractivity contribution is -0.115. The fourth-order valence-electron chi connectivity index (χ4n) is 2.88. The van der Waals surface area contributed by atoms with Crippen LogP contribution in [0, 0.1) is 5.92 Å². The SMILES string of the molecule is CCCn1c(SCC(N)=O)nc2nc(N3CCC(C)CC3)sc2c1=O. The quantitative estimate of drug-likeness (QED) is 0.608. The van der Waals surface area contributed by atoms with Gasteiger partial charge in [0.1, 0.15) is 4.70 Å². The maximum atomic E-state index is 12.9. The van der Waals surface area contributed by atoms with Gasteiger partial charge in [-0.25, -0.2) is 4.98 Å². The summed E-state index contributed by atoms with van der Waals surface area (Å²) in [5, 5.41) is 1.38. The van der Waals surface area contributed by atoms with E-state index >= 15 is 0 Å². The van der Waals surface area contributed by atoms with Gasteiger partial charge in [0, 0.05) is 19.6 Å². The highest BCUT2D eigenvalue weighted by Crippen LogP contribution is 2.30. The Kier molecular flexibility index (Phi) is 5.63. The number of amides is 1. The highest BCUT2D eigenvalue weighted by Gasteiger charge is 2.22. The maximum Gasteiger partial charge on any atom is 0.273 e. The molecule has 0 aliphatic carbocycles. The van der Waals surface area contributed by atoms with Gasteiger partial charge in [-0.1, -0.05) is 36.9 Å². The number of thioether (sulfide) groups is 1. The van der Waals surface area contributed by atoms with Gasteiger partial charge >= 0.3 is 0 Å². The molecule has 0 radical (unpaired) electrons. The normalized spacial score (nSPS) is 15.8. The minimum Gasteiger partial charge on any atom is -0.369 e. The van der Waals surface area contributed by atoms with Crippen LogP contribution in [0.1, 0.15) is 33.1 Å². The van der Waals surface area contributed by atoms with E-state index in [0.29, 0.717) is 22.0 Å². The second-order valence-electron chi connectivity index (χ2n) is 6.42. The summed E-state index contributed by atoms with van der Waals surface area (Å²) in [5.74, 6) is 0.411. The molecule has 9 heteroatoms. The third kappa shape index (κ3) is 3.98. The van der Waals surface area contributed by atoms with Crippen LogP contribution in [0.5, 0.6) is 0 Å². The van der Waals surface area contributed by atoms with Gasteiger partial charge < -0.3 is 10.6 Å². The van der Waals surface area contributed by atoms with Crippen molar-refractivity contribution in [3.05, 3.63) is 10.4 Å². The molecule has 2 aromatic heterocycles. The Bertz CT molecular complexity index is 824. The Morgan fingerprint density at radius 1 is 1.36 bits per heavy atom. The van der Waals surface area contributed by atoms with Crippen LogP contribution in [-0.4, -0.2) is 39.3 Å². The molecule has 1 aliphatic heterocycles. The summed E-state index contributed by atoms with van der Waals surface area (Å²) in [7, 11) is 0. The number of carbonyl (C=O) groups excluding carboxylic acids is 1. The van der Waals surface area contributed by atoms with E-state index in [1.807, 2.05) is 6.92 Å². The highest BCUT2D eigenvalue weighted by molar-refractivity contribution is 7.99. The maximum absolute atomic E-state index is 12.9. The Labute approximate surface area is 154 Å². The topological polar surface area (TPSA) is 94.1 Å². The van der Waals surface area contributed by atoms with E-state index in [1.165, 1.54) is 23.1 Å². The van der Waals surface area contributed by atoms with Crippen molar-refractivity contribution in [2.75, 3.05) is 23.7 Å². The van der Waals surface area contributed by atoms with E-state index in [0.717, 1.165) is 43.4 Å². The molecule has 3 heterocycles. The van der Waals surface area contributed by atoms with Crippen molar-refractivity contribution in [2.45, 2.75) is 44.8 Å². The van der Waals surface area contributed by atoms with Crippen molar-refractivity contribution in [3.8, 4) is 0 Å². The van der Waals surface area contributed by atoms with E-state index in [4.69, 9.17) is 5.73 Å². The molecule has 3 rings (SSSR count). The third-order valence-corrected chi connectivity index (χ3v) is 6.41. The molecule has 25 heavy (non-hydrogen) atoms. The first-order valence-corrected chi connectivity index (χ1v) is 10.4. The number of carbonyl (C=O) groups is 1. The summed E-state index contributed by atoms with van der Waals surface area (Å²) in [6.07, 6.45) is 3.10. The Morgan fingerprint density at radius 3 is 2.72 bits per heavy atom. The molecule has 1 saturated heterocycles. The number of primary amides is 1. The van der Waals surface area contributed by atoms with Crippen LogP contribution in [-0.2, 0) is 11.3 Å². The molecule has 2 aromatic rings. The van der Waals surface area contributed by atoms with Crippen LogP contribution >= 0.6 is 23.1 Å². The molecule has 7 nitrogen and oxygen atoms in total. The molecule has 0 bridgehead atoms. The number of aromatic nitrogens is 3. The number of thiazole rings is 1. The third-order valence-electron chi connectivity index (χ3n) is 4.31. The number of rotatable bonds is 6. The molecule has 0 atom stereocenters. The molecule has 1 amide bonds. The smallest absolute Gasteiger partial charge is 0.273 e. The fraction of sp³-hybridized carbons (Fsp3) is 0.625. The number of nitrogens with zero attached hydrogens (tertiary/aromatic N) is 4. The average Bonchev–Trinajstić information content (AvgIpc) is 3.01. The largest absolute Gasteiger partial charge is 0.369 e. The van der Waals surface area contributed by atoms with E-state index in [2.05, 4.69) is 21.8 Å². The van der Waals surface area contributed by atoms with Gasteiger partial charge in [0.05, 0.1) is 5.75 Å². The van der Waals surface area contributed by atoms with E-state index in [9.17, 15) is 9.59 Å². The molecule has 0 aromatic carbocycles. The number of piperidine rings is 1. The lowest BCUT2D eigenvalue weighted by atomic mass is 10.00. The van der Waals surface area contributed by atoms with Crippen LogP contribution in [0.15, 0.2) is 9.95 Å². The number of nitrogens with two attached hydrogens (primary N) is 1. The second-order valence-corrected chi connectivity index (χ2v) is 8.34. The number of hydrogen-bond acceptors (Lipinski definition) is 7. The summed E-state index contributed by atoms with van der Waals surface area (Å²) >= 11 is 2.62. The van der Waals surface area contributed by atoms with Crippen molar-refractivity contribution >= 4 is 44.5 Å². The first kappa shape index (κ1) is 18.2. The van der Waals surface area contributed by atoms with Gasteiger partial charge in [-0.15, -0.1) is 0 Å². The summed E-state index contributed by atoms with van der Waals surface area (Å²) in [6.45, 7) is 6.77. The first-order chi connectivity index (χ1) is 12.0. The fourth-order valence-corrected chi connectivity index (χ4v) is 4.64. The van der Waals surface area contributed by atoms with Crippen LogP contribution in [0.3, 0.4) is 0 Å². The van der Waals surface area contributed by atoms with Crippen molar-refractivity contribution in [1.82, 2.24) is 14.5 Å². The van der Waals surface area contributed by atoms with Crippen molar-refractivity contribution in [3.63, 3.8) is 0 Å². The summed E-state index contributed by atoms with van der Waals surface area (Å²) < 4.78 is 2.22. The molecule has 2 N–H and O–H groups in total. The lowest BCUT2D eigenvalue weighted by Crippen LogP contribution is -2.32. The monoisotopic (exact) mass is 381 g/mol. The highest BCUT2D eigenvalue weighted by atomic mass is 32.2.